The molecule has 0 radical (unpaired) electrons. The van der Waals surface area contributed by atoms with Crippen LogP contribution in [0.1, 0.15) is 46.0 Å². The van der Waals surface area contributed by atoms with Gasteiger partial charge in [0.05, 0.1) is 27.2 Å². The van der Waals surface area contributed by atoms with Crippen molar-refractivity contribution in [1.82, 2.24) is 5.16 Å². The van der Waals surface area contributed by atoms with Gasteiger partial charge in [-0.25, -0.2) is 8.42 Å². The third kappa shape index (κ3) is 3.30. The van der Waals surface area contributed by atoms with E-state index in [1.165, 1.54) is 0 Å². The predicted molar refractivity (Wildman–Crippen MR) is 81.5 cm³/mol. The molecule has 2 aromatic rings. The lowest BCUT2D eigenvalue weighted by Crippen LogP contribution is -2.15. The number of hydrogen-bond donors (Lipinski definition) is 0. The van der Waals surface area contributed by atoms with Crippen molar-refractivity contribution in [2.75, 3.05) is 6.26 Å². The molecule has 0 aliphatic heterocycles. The number of rotatable bonds is 4. The van der Waals surface area contributed by atoms with E-state index >= 15 is 0 Å². The van der Waals surface area contributed by atoms with Gasteiger partial charge in [0.15, 0.2) is 21.4 Å². The second-order valence-corrected chi connectivity index (χ2v) is 8.11. The maximum atomic E-state index is 13.0. The van der Waals surface area contributed by atoms with Gasteiger partial charge in [0.2, 0.25) is 0 Å². The van der Waals surface area contributed by atoms with Crippen molar-refractivity contribution < 1.29 is 30.9 Å². The van der Waals surface area contributed by atoms with Crippen LogP contribution in [0.3, 0.4) is 0 Å². The van der Waals surface area contributed by atoms with E-state index in [-0.39, 0.29) is 11.5 Å². The number of ketones is 1. The molecule has 0 amide bonds. The monoisotopic (exact) mass is 393 g/mol. The predicted octanol–water partition coefficient (Wildman–Crippen LogP) is 3.86. The minimum atomic E-state index is -4.85. The Bertz CT molecular complexity index is 962. The van der Waals surface area contributed by atoms with Crippen LogP contribution >= 0.6 is 11.6 Å². The first-order chi connectivity index (χ1) is 11.5. The highest BCUT2D eigenvalue weighted by Gasteiger charge is 2.39. The number of benzene rings is 1. The van der Waals surface area contributed by atoms with Crippen LogP contribution in [-0.4, -0.2) is 25.6 Å². The Balaban J connectivity index is 2.21. The summed E-state index contributed by atoms with van der Waals surface area (Å²) < 4.78 is 68.1. The normalized spacial score (nSPS) is 15.4. The minimum absolute atomic E-state index is 0.00746. The molecule has 0 atom stereocenters. The summed E-state index contributed by atoms with van der Waals surface area (Å²) >= 11 is 5.71. The number of halogens is 4. The zero-order chi connectivity index (χ0) is 18.6. The van der Waals surface area contributed by atoms with Crippen LogP contribution in [0, 0.1) is 0 Å². The Hall–Kier alpha value is -1.87. The minimum Gasteiger partial charge on any atom is -0.360 e. The number of sulfone groups is 1. The van der Waals surface area contributed by atoms with Gasteiger partial charge < -0.3 is 4.52 Å². The van der Waals surface area contributed by atoms with Crippen LogP contribution in [-0.2, 0) is 16.0 Å². The highest BCUT2D eigenvalue weighted by atomic mass is 35.5. The first-order valence-corrected chi connectivity index (χ1v) is 9.37. The quantitative estimate of drug-likeness (QED) is 0.737. The molecule has 1 heterocycles. The van der Waals surface area contributed by atoms with Crippen molar-refractivity contribution >= 4 is 27.2 Å². The van der Waals surface area contributed by atoms with E-state index < -0.39 is 42.8 Å². The van der Waals surface area contributed by atoms with Crippen molar-refractivity contribution in [3.8, 4) is 0 Å². The molecule has 1 aromatic heterocycles. The average Bonchev–Trinajstić information content (AvgIpc) is 3.20. The fraction of sp³-hybridized carbons (Fsp3) is 0.333. The van der Waals surface area contributed by atoms with Gasteiger partial charge in [0, 0.05) is 17.7 Å². The van der Waals surface area contributed by atoms with Crippen LogP contribution in [0.15, 0.2) is 27.7 Å². The van der Waals surface area contributed by atoms with Gasteiger partial charge in [-0.15, -0.1) is 0 Å². The molecular weight excluding hydrogens is 383 g/mol. The summed E-state index contributed by atoms with van der Waals surface area (Å²) in [6, 6.07) is 1.41. The Morgan fingerprint density at radius 1 is 1.28 bits per heavy atom. The smallest absolute Gasteiger partial charge is 0.360 e. The summed E-state index contributed by atoms with van der Waals surface area (Å²) in [7, 11) is -4.20. The molecular formula is C15H11ClF3NO4S. The number of nitrogens with zero attached hydrogens (tertiary/aromatic N) is 1. The number of hydrogen-bond acceptors (Lipinski definition) is 5. The second-order valence-electron chi connectivity index (χ2n) is 5.78. The molecule has 3 rings (SSSR count). The Morgan fingerprint density at radius 3 is 2.44 bits per heavy atom. The summed E-state index contributed by atoms with van der Waals surface area (Å²) in [5.41, 5.74) is -1.73. The summed E-state index contributed by atoms with van der Waals surface area (Å²) in [4.78, 5) is 11.9. The van der Waals surface area contributed by atoms with Gasteiger partial charge in [-0.05, 0) is 25.0 Å². The number of aromatic nitrogens is 1. The maximum absolute atomic E-state index is 13.0. The van der Waals surface area contributed by atoms with Crippen molar-refractivity contribution in [2.45, 2.75) is 29.8 Å². The Morgan fingerprint density at radius 2 is 1.92 bits per heavy atom. The van der Waals surface area contributed by atoms with Crippen molar-refractivity contribution in [3.63, 3.8) is 0 Å². The van der Waals surface area contributed by atoms with Gasteiger partial charge in [-0.1, -0.05) is 16.8 Å². The van der Waals surface area contributed by atoms with E-state index in [0.29, 0.717) is 18.1 Å². The van der Waals surface area contributed by atoms with Crippen molar-refractivity contribution in [2.24, 2.45) is 0 Å². The summed E-state index contributed by atoms with van der Waals surface area (Å²) in [6.45, 7) is 0. The molecule has 0 spiro atoms. The molecule has 1 saturated carbocycles. The van der Waals surface area contributed by atoms with E-state index in [9.17, 15) is 26.4 Å². The molecule has 0 bridgehead atoms. The maximum Gasteiger partial charge on any atom is 0.417 e. The van der Waals surface area contributed by atoms with E-state index in [1.807, 2.05) is 0 Å². The molecule has 10 heteroatoms. The van der Waals surface area contributed by atoms with Gasteiger partial charge >= 0.3 is 6.18 Å². The molecule has 0 N–H and O–H groups in total. The van der Waals surface area contributed by atoms with E-state index in [0.717, 1.165) is 25.1 Å². The third-order valence-electron chi connectivity index (χ3n) is 3.81. The molecule has 1 aliphatic rings. The first-order valence-electron chi connectivity index (χ1n) is 7.11. The number of alkyl halides is 3. The molecule has 0 unspecified atom stereocenters. The fourth-order valence-corrected chi connectivity index (χ4v) is 4.21. The fourth-order valence-electron chi connectivity index (χ4n) is 2.52. The molecule has 25 heavy (non-hydrogen) atoms. The van der Waals surface area contributed by atoms with Gasteiger partial charge in [0.25, 0.3) is 0 Å². The lowest BCUT2D eigenvalue weighted by molar-refractivity contribution is -0.137. The zero-order valence-electron chi connectivity index (χ0n) is 12.7. The van der Waals surface area contributed by atoms with Crippen molar-refractivity contribution in [3.05, 3.63) is 45.8 Å². The molecule has 134 valence electrons. The van der Waals surface area contributed by atoms with Crippen LogP contribution in [0.4, 0.5) is 13.2 Å². The number of carbonyl (C=O) groups is 1. The van der Waals surface area contributed by atoms with E-state index in [1.54, 1.807) is 0 Å². The zero-order valence-corrected chi connectivity index (χ0v) is 14.3. The first kappa shape index (κ1) is 17.9. The average molecular weight is 394 g/mol. The highest BCUT2D eigenvalue weighted by Crippen LogP contribution is 2.43. The highest BCUT2D eigenvalue weighted by molar-refractivity contribution is 7.91. The van der Waals surface area contributed by atoms with Gasteiger partial charge in [-0.2, -0.15) is 13.2 Å². The molecule has 5 nitrogen and oxygen atoms in total. The Labute approximate surface area is 145 Å². The SMILES string of the molecule is CS(=O)(=O)c1c(C(=O)c2cnoc2C2CC2)ccc(C(F)(F)F)c1Cl. The molecule has 1 aliphatic carbocycles. The molecule has 1 aromatic carbocycles. The summed E-state index contributed by atoms with van der Waals surface area (Å²) in [5, 5.41) is 2.52. The third-order valence-corrected chi connectivity index (χ3v) is 5.48. The van der Waals surface area contributed by atoms with Gasteiger partial charge in [-0.3, -0.25) is 4.79 Å². The van der Waals surface area contributed by atoms with Crippen LogP contribution in [0.25, 0.3) is 0 Å². The lowest BCUT2D eigenvalue weighted by Gasteiger charge is -2.14. The topological polar surface area (TPSA) is 77.2 Å². The summed E-state index contributed by atoms with van der Waals surface area (Å²) in [5.74, 6) is -0.479. The molecule has 0 saturated heterocycles. The summed E-state index contributed by atoms with van der Waals surface area (Å²) in [6.07, 6.45) is -1.44. The van der Waals surface area contributed by atoms with Crippen molar-refractivity contribution in [1.29, 1.82) is 0 Å². The van der Waals surface area contributed by atoms with Crippen LogP contribution in [0.2, 0.25) is 5.02 Å². The lowest BCUT2D eigenvalue weighted by atomic mass is 10.0. The standard InChI is InChI=1S/C15H11ClF3NO4S/c1-25(22,23)14-8(4-5-10(11(14)16)15(17,18)19)12(21)9-6-20-24-13(9)7-2-3-7/h4-7H,2-3H2,1H3. The number of carbonyl (C=O) groups excluding carboxylic acids is 1. The van der Waals surface area contributed by atoms with Crippen LogP contribution < -0.4 is 0 Å². The second kappa shape index (κ2) is 5.84. The van der Waals surface area contributed by atoms with E-state index in [4.69, 9.17) is 16.1 Å². The largest absolute Gasteiger partial charge is 0.417 e. The molecule has 1 fully saturated rings. The van der Waals surface area contributed by atoms with Crippen LogP contribution in [0.5, 0.6) is 0 Å². The van der Waals surface area contributed by atoms with E-state index in [2.05, 4.69) is 5.16 Å². The van der Waals surface area contributed by atoms with Gasteiger partial charge in [0.1, 0.15) is 0 Å². The Kier molecular flexibility index (Phi) is 4.19.